The van der Waals surface area contributed by atoms with Crippen LogP contribution in [0.25, 0.3) is 0 Å². The second-order valence-corrected chi connectivity index (χ2v) is 11.3. The molecule has 0 spiro atoms. The minimum absolute atomic E-state index is 0.0583. The van der Waals surface area contributed by atoms with Crippen molar-refractivity contribution < 1.29 is 9.59 Å². The highest BCUT2D eigenvalue weighted by atomic mass is 32.2. The molecule has 2 aliphatic rings. The van der Waals surface area contributed by atoms with Gasteiger partial charge in [-0.3, -0.25) is 9.69 Å². The van der Waals surface area contributed by atoms with Crippen molar-refractivity contribution in [3.63, 3.8) is 0 Å². The van der Waals surface area contributed by atoms with Gasteiger partial charge in [0.2, 0.25) is 5.91 Å². The number of benzene rings is 2. The summed E-state index contributed by atoms with van der Waals surface area (Å²) in [6.45, 7) is 1.85. The van der Waals surface area contributed by atoms with Crippen LogP contribution >= 0.6 is 34.9 Å². The SMILES string of the molecule is CC(Sc1cccc(NC(=O)N2c3ccccc3SC3C=CC=CC32)c1)C(=O)Nc1nccs1. The smallest absolute Gasteiger partial charge is 0.307 e. The number of carbonyl (C=O) groups excluding carboxylic acids is 2. The number of rotatable bonds is 5. The first-order valence-electron chi connectivity index (χ1n) is 10.8. The number of hydrogen-bond acceptors (Lipinski definition) is 6. The molecule has 1 aromatic heterocycles. The zero-order valence-corrected chi connectivity index (χ0v) is 20.7. The maximum absolute atomic E-state index is 13.5. The fraction of sp³-hybridized carbons (Fsp3) is 0.160. The van der Waals surface area contributed by atoms with E-state index in [0.29, 0.717) is 10.8 Å². The Hall–Kier alpha value is -3.01. The molecule has 3 atom stereocenters. The molecule has 2 N–H and O–H groups in total. The van der Waals surface area contributed by atoms with Gasteiger partial charge < -0.3 is 10.6 Å². The fourth-order valence-corrected chi connectivity index (χ4v) is 6.52. The largest absolute Gasteiger partial charge is 0.326 e. The van der Waals surface area contributed by atoms with E-state index >= 15 is 0 Å². The zero-order valence-electron chi connectivity index (χ0n) is 18.3. The fourth-order valence-electron chi connectivity index (χ4n) is 3.81. The predicted molar refractivity (Wildman–Crippen MR) is 142 cm³/mol. The van der Waals surface area contributed by atoms with Crippen LogP contribution in [0.2, 0.25) is 0 Å². The van der Waals surface area contributed by atoms with Gasteiger partial charge in [0.15, 0.2) is 5.13 Å². The van der Waals surface area contributed by atoms with Crippen molar-refractivity contribution in [1.82, 2.24) is 4.98 Å². The summed E-state index contributed by atoms with van der Waals surface area (Å²) in [6, 6.07) is 15.3. The minimum Gasteiger partial charge on any atom is -0.307 e. The lowest BCUT2D eigenvalue weighted by atomic mass is 10.1. The van der Waals surface area contributed by atoms with Crippen LogP contribution in [0.1, 0.15) is 6.92 Å². The number of thiazole rings is 1. The molecule has 172 valence electrons. The van der Waals surface area contributed by atoms with Gasteiger partial charge in [0.05, 0.1) is 22.2 Å². The van der Waals surface area contributed by atoms with Gasteiger partial charge in [-0.05, 0) is 37.3 Å². The third-order valence-corrected chi connectivity index (χ3v) is 8.48. The summed E-state index contributed by atoms with van der Waals surface area (Å²) in [7, 11) is 0. The molecule has 1 aliphatic heterocycles. The number of carbonyl (C=O) groups is 2. The van der Waals surface area contributed by atoms with Crippen LogP contribution in [0.3, 0.4) is 0 Å². The molecule has 2 aromatic carbocycles. The molecule has 34 heavy (non-hydrogen) atoms. The summed E-state index contributed by atoms with van der Waals surface area (Å²) >= 11 is 4.60. The van der Waals surface area contributed by atoms with Gasteiger partial charge >= 0.3 is 6.03 Å². The summed E-state index contributed by atoms with van der Waals surface area (Å²) in [4.78, 5) is 33.9. The number of nitrogens with one attached hydrogen (secondary N) is 2. The van der Waals surface area contributed by atoms with Crippen LogP contribution < -0.4 is 15.5 Å². The van der Waals surface area contributed by atoms with Crippen molar-refractivity contribution in [2.24, 2.45) is 0 Å². The number of fused-ring (bicyclic) bond motifs is 2. The lowest BCUT2D eigenvalue weighted by Gasteiger charge is -2.40. The van der Waals surface area contributed by atoms with Crippen LogP contribution in [-0.2, 0) is 4.79 Å². The number of amides is 3. The molecule has 2 heterocycles. The molecule has 9 heteroatoms. The van der Waals surface area contributed by atoms with E-state index in [1.807, 2.05) is 71.8 Å². The molecule has 0 radical (unpaired) electrons. The number of hydrogen-bond donors (Lipinski definition) is 2. The molecule has 0 bridgehead atoms. The van der Waals surface area contributed by atoms with Gasteiger partial charge in [-0.2, -0.15) is 0 Å². The third-order valence-electron chi connectivity index (χ3n) is 5.39. The monoisotopic (exact) mass is 506 g/mol. The van der Waals surface area contributed by atoms with Gasteiger partial charge in [-0.25, -0.2) is 9.78 Å². The number of aromatic nitrogens is 1. The first-order valence-corrected chi connectivity index (χ1v) is 13.4. The van der Waals surface area contributed by atoms with Crippen LogP contribution in [0.5, 0.6) is 0 Å². The minimum atomic E-state index is -0.319. The number of anilines is 3. The van der Waals surface area contributed by atoms with E-state index in [9.17, 15) is 9.59 Å². The van der Waals surface area contributed by atoms with Gasteiger partial charge in [0.1, 0.15) is 0 Å². The van der Waals surface area contributed by atoms with Crippen molar-refractivity contribution >= 4 is 63.3 Å². The number of urea groups is 1. The highest BCUT2D eigenvalue weighted by Gasteiger charge is 2.36. The zero-order chi connectivity index (χ0) is 23.5. The average Bonchev–Trinajstić information content (AvgIpc) is 3.35. The summed E-state index contributed by atoms with van der Waals surface area (Å²) in [5.41, 5.74) is 1.59. The summed E-state index contributed by atoms with van der Waals surface area (Å²) in [6.07, 6.45) is 9.89. The number of nitrogens with zero attached hydrogens (tertiary/aromatic N) is 2. The third kappa shape index (κ3) is 4.91. The van der Waals surface area contributed by atoms with E-state index in [0.717, 1.165) is 15.5 Å². The maximum Gasteiger partial charge on any atom is 0.326 e. The molecule has 0 saturated carbocycles. The number of para-hydroxylation sites is 1. The van der Waals surface area contributed by atoms with Crippen LogP contribution in [0.15, 0.2) is 94.2 Å². The molecule has 0 fully saturated rings. The van der Waals surface area contributed by atoms with E-state index < -0.39 is 0 Å². The number of allylic oxidation sites excluding steroid dienone is 2. The van der Waals surface area contributed by atoms with Crippen LogP contribution in [-0.4, -0.2) is 33.5 Å². The average molecular weight is 507 g/mol. The lowest BCUT2D eigenvalue weighted by molar-refractivity contribution is -0.115. The Bertz CT molecular complexity index is 1260. The Balaban J connectivity index is 1.30. The molecule has 3 amide bonds. The Morgan fingerprint density at radius 1 is 1.09 bits per heavy atom. The quantitative estimate of drug-likeness (QED) is 0.399. The van der Waals surface area contributed by atoms with Crippen molar-refractivity contribution in [3.8, 4) is 0 Å². The van der Waals surface area contributed by atoms with Crippen LogP contribution in [0.4, 0.5) is 21.3 Å². The maximum atomic E-state index is 13.5. The molecular formula is C25H22N4O2S3. The van der Waals surface area contributed by atoms with Crippen molar-refractivity contribution in [2.45, 2.75) is 33.3 Å². The molecule has 0 saturated heterocycles. The van der Waals surface area contributed by atoms with E-state index in [4.69, 9.17) is 0 Å². The molecule has 3 aromatic rings. The standard InChI is InChI=1S/C25H22N4O2S3/c1-16(23(30)28-24-26-13-14-32-24)33-18-8-6-7-17(15-18)27-25(31)29-19-9-2-4-11-21(19)34-22-12-5-3-10-20(22)29/h2-16,19,21H,1H3,(H,27,31)(H,26,28,30). The molecule has 1 aliphatic carbocycles. The second-order valence-electron chi connectivity index (χ2n) is 7.73. The summed E-state index contributed by atoms with van der Waals surface area (Å²) < 4.78 is 0. The van der Waals surface area contributed by atoms with Crippen molar-refractivity contribution in [3.05, 3.63) is 84.4 Å². The highest BCUT2D eigenvalue weighted by Crippen LogP contribution is 2.43. The lowest BCUT2D eigenvalue weighted by Crippen LogP contribution is -2.49. The van der Waals surface area contributed by atoms with Crippen LogP contribution in [0, 0.1) is 0 Å². The van der Waals surface area contributed by atoms with Gasteiger partial charge in [0, 0.05) is 27.1 Å². The van der Waals surface area contributed by atoms with E-state index in [1.165, 1.54) is 23.1 Å². The molecule has 5 rings (SSSR count). The van der Waals surface area contributed by atoms with E-state index in [-0.39, 0.29) is 28.5 Å². The second kappa shape index (κ2) is 10.1. The van der Waals surface area contributed by atoms with Crippen molar-refractivity contribution in [1.29, 1.82) is 0 Å². The molecule has 3 unspecified atom stereocenters. The first kappa shape index (κ1) is 22.8. The highest BCUT2D eigenvalue weighted by molar-refractivity contribution is 8.00. The molecular weight excluding hydrogens is 485 g/mol. The van der Waals surface area contributed by atoms with Gasteiger partial charge in [0.25, 0.3) is 0 Å². The first-order chi connectivity index (χ1) is 16.6. The Morgan fingerprint density at radius 2 is 1.94 bits per heavy atom. The predicted octanol–water partition coefficient (Wildman–Crippen LogP) is 6.27. The Kier molecular flexibility index (Phi) is 6.75. The summed E-state index contributed by atoms with van der Waals surface area (Å²) in [5.74, 6) is -0.111. The molecule has 6 nitrogen and oxygen atoms in total. The van der Waals surface area contributed by atoms with E-state index in [2.05, 4.69) is 33.8 Å². The topological polar surface area (TPSA) is 74.3 Å². The van der Waals surface area contributed by atoms with Crippen molar-refractivity contribution in [2.75, 3.05) is 15.5 Å². The Morgan fingerprint density at radius 3 is 2.79 bits per heavy atom. The Labute approximate surface area is 210 Å². The number of thioether (sulfide) groups is 2. The summed E-state index contributed by atoms with van der Waals surface area (Å²) in [5, 5.41) is 8.15. The van der Waals surface area contributed by atoms with Gasteiger partial charge in [-0.15, -0.1) is 34.9 Å². The van der Waals surface area contributed by atoms with E-state index in [1.54, 1.807) is 18.0 Å². The van der Waals surface area contributed by atoms with Gasteiger partial charge in [-0.1, -0.05) is 42.5 Å². The normalized spacial score (nSPS) is 19.1.